The van der Waals surface area contributed by atoms with Gasteiger partial charge >= 0.3 is 0 Å². The van der Waals surface area contributed by atoms with Crippen LogP contribution in [0.2, 0.25) is 5.02 Å². The number of nitrogens with one attached hydrogen (secondary N) is 5. The number of carbonyl (C=O) groups excluding carboxylic acids is 6. The SMILES string of the molecule is CC1(C)CCC(CN2CCN(c3ccc(C(=O)NS(=O)(=O)c4ccc(NCC5CCCN(C(=O)CCCCCCNc6cccc7c6C(=O)N(C6CCC(=O)NC6=O)C7=O)C5)c([N+](=O)[O-])c4)c(Oc4cnc5[nH]ccc5c4)c3)CC2)=C(c2ccc(Cl)cc2)C1. The number of likely N-dealkylation sites (tertiary alicyclic amines) is 1. The highest BCUT2D eigenvalue weighted by Gasteiger charge is 2.46. The van der Waals surface area contributed by atoms with Crippen molar-refractivity contribution < 1.29 is 46.8 Å². The second kappa shape index (κ2) is 26.6. The van der Waals surface area contributed by atoms with Gasteiger partial charge in [-0.1, -0.05) is 62.1 Å². The summed E-state index contributed by atoms with van der Waals surface area (Å²) in [5, 5.41) is 22.6. The smallest absolute Gasteiger partial charge is 0.293 e. The Hall–Kier alpha value is -8.67. The lowest BCUT2D eigenvalue weighted by Gasteiger charge is -2.39. The third kappa shape index (κ3) is 14.3. The van der Waals surface area contributed by atoms with Crippen molar-refractivity contribution in [3.63, 3.8) is 0 Å². The number of benzene rings is 4. The second-order valence-electron chi connectivity index (χ2n) is 24.4. The van der Waals surface area contributed by atoms with E-state index in [-0.39, 0.29) is 64.8 Å². The Kier molecular flexibility index (Phi) is 18.5. The molecule has 4 aromatic carbocycles. The molecule has 6 aromatic rings. The van der Waals surface area contributed by atoms with E-state index >= 15 is 0 Å². The summed E-state index contributed by atoms with van der Waals surface area (Å²) >= 11 is 6.27. The van der Waals surface area contributed by atoms with E-state index in [0.29, 0.717) is 67.7 Å². The van der Waals surface area contributed by atoms with Gasteiger partial charge in [-0.2, -0.15) is 0 Å². The number of pyridine rings is 1. The summed E-state index contributed by atoms with van der Waals surface area (Å²) in [5.74, 6) is -2.89. The number of amides is 6. The minimum Gasteiger partial charge on any atom is -0.455 e. The van der Waals surface area contributed by atoms with Crippen LogP contribution < -0.4 is 30.3 Å². The van der Waals surface area contributed by atoms with E-state index in [1.165, 1.54) is 41.1 Å². The Morgan fingerprint density at radius 1 is 0.865 bits per heavy atom. The Morgan fingerprint density at radius 3 is 2.45 bits per heavy atom. The number of carbonyl (C=O) groups is 6. The van der Waals surface area contributed by atoms with E-state index < -0.39 is 61.1 Å². The monoisotopic (exact) mass is 1250 g/mol. The Morgan fingerprint density at radius 2 is 1.66 bits per heavy atom. The number of allylic oxidation sites excluding steroid dienone is 1. The number of rotatable bonds is 22. The number of anilines is 3. The van der Waals surface area contributed by atoms with Crippen LogP contribution in [0.5, 0.6) is 11.5 Å². The van der Waals surface area contributed by atoms with Gasteiger partial charge in [-0.15, -0.1) is 0 Å². The van der Waals surface area contributed by atoms with E-state index in [4.69, 9.17) is 16.3 Å². The molecule has 22 nitrogen and oxygen atoms in total. The topological polar surface area (TPSA) is 279 Å². The fourth-order valence-corrected chi connectivity index (χ4v) is 13.8. The second-order valence-corrected chi connectivity index (χ2v) is 26.5. The first-order valence-electron chi connectivity index (χ1n) is 30.4. The average molecular weight is 1250 g/mol. The van der Waals surface area contributed by atoms with E-state index in [0.717, 1.165) is 93.0 Å². The lowest BCUT2D eigenvalue weighted by molar-refractivity contribution is -0.384. The van der Waals surface area contributed by atoms with Crippen LogP contribution in [0.15, 0.2) is 114 Å². The van der Waals surface area contributed by atoms with Gasteiger partial charge in [0.05, 0.1) is 32.7 Å². The molecule has 5 aliphatic rings. The van der Waals surface area contributed by atoms with Crippen LogP contribution in [0, 0.1) is 21.4 Å². The maximum Gasteiger partial charge on any atom is 0.293 e. The predicted octanol–water partition coefficient (Wildman–Crippen LogP) is 9.94. The molecule has 3 fully saturated rings. The van der Waals surface area contributed by atoms with Crippen LogP contribution in [0.4, 0.5) is 22.7 Å². The number of ether oxygens (including phenoxy) is 1. The molecule has 1 aliphatic carbocycles. The fraction of sp³-hybridized carbons (Fsp3) is 0.400. The minimum atomic E-state index is -4.68. The van der Waals surface area contributed by atoms with Gasteiger partial charge < -0.3 is 30.2 Å². The van der Waals surface area contributed by atoms with Crippen LogP contribution in [-0.4, -0.2) is 138 Å². The molecule has 89 heavy (non-hydrogen) atoms. The van der Waals surface area contributed by atoms with E-state index in [1.807, 2.05) is 23.1 Å². The Labute approximate surface area is 520 Å². The molecule has 0 radical (unpaired) electrons. The number of unbranched alkanes of at least 4 members (excludes halogenated alkanes) is 3. The van der Waals surface area contributed by atoms with Gasteiger partial charge in [-0.3, -0.25) is 54.0 Å². The number of nitro groups is 1. The molecule has 2 atom stereocenters. The Balaban J connectivity index is 0.673. The molecular weight excluding hydrogens is 1180 g/mol. The molecule has 2 aromatic heterocycles. The van der Waals surface area contributed by atoms with Crippen molar-refractivity contribution in [1.82, 2.24) is 34.7 Å². The van der Waals surface area contributed by atoms with Crippen LogP contribution >= 0.6 is 11.6 Å². The maximum atomic E-state index is 14.2. The number of piperidine rings is 2. The summed E-state index contributed by atoms with van der Waals surface area (Å²) in [4.78, 5) is 105. The van der Waals surface area contributed by atoms with Crippen molar-refractivity contribution in [1.29, 1.82) is 0 Å². The number of piperazine rings is 1. The number of H-pyrrole nitrogens is 1. The zero-order chi connectivity index (χ0) is 62.6. The predicted molar refractivity (Wildman–Crippen MR) is 337 cm³/mol. The number of sulfonamides is 1. The van der Waals surface area contributed by atoms with Crippen molar-refractivity contribution in [2.24, 2.45) is 11.3 Å². The first-order chi connectivity index (χ1) is 42.8. The molecule has 4 aliphatic heterocycles. The normalized spacial score (nSPS) is 18.9. The molecule has 5 N–H and O–H groups in total. The molecule has 0 saturated carbocycles. The van der Waals surface area contributed by atoms with Crippen molar-refractivity contribution in [3.05, 3.63) is 146 Å². The number of nitrogens with zero attached hydrogens (tertiary/aromatic N) is 6. The van der Waals surface area contributed by atoms with Gasteiger partial charge in [0.25, 0.3) is 33.4 Å². The molecular formula is C65H72ClN11O11S. The van der Waals surface area contributed by atoms with Gasteiger partial charge in [-0.25, -0.2) is 18.1 Å². The maximum absolute atomic E-state index is 14.2. The van der Waals surface area contributed by atoms with Gasteiger partial charge in [0.2, 0.25) is 17.7 Å². The number of aromatic amines is 1. The molecule has 0 bridgehead atoms. The van der Waals surface area contributed by atoms with Crippen molar-refractivity contribution in [2.75, 3.05) is 74.4 Å². The number of halogens is 1. The van der Waals surface area contributed by atoms with E-state index in [2.05, 4.69) is 66.4 Å². The quantitative estimate of drug-likeness (QED) is 0.0183. The van der Waals surface area contributed by atoms with E-state index in [9.17, 15) is 47.3 Å². The molecule has 11 rings (SSSR count). The lowest BCUT2D eigenvalue weighted by atomic mass is 9.72. The zero-order valence-electron chi connectivity index (χ0n) is 49.8. The Bertz CT molecular complexity index is 3900. The number of nitro benzene ring substituents is 1. The highest BCUT2D eigenvalue weighted by Crippen LogP contribution is 2.44. The van der Waals surface area contributed by atoms with E-state index in [1.54, 1.807) is 42.6 Å². The van der Waals surface area contributed by atoms with Gasteiger partial charge in [-0.05, 0) is 134 Å². The standard InChI is InChI=1S/C65H72ClN11O11S/c1-65(2)25-23-44(51(36-65)42-13-15-45(66)16-14-42)40-73-29-31-74(32-30-73)46-17-19-49(56(34-46)88-47-33-43-24-27-68-60(43)70-38-47)61(80)72-89(86,87)48-18-20-52(55(35-48)77(84)85)69-37-41-9-8-28-75(39-41)58(79)12-5-3-4-6-26-67-53-11-7-10-50-59(53)64(83)76(63(50)82)54-21-22-57(78)71-62(54)81/h7,10-11,13-20,24,27,33-35,38,41,54,67,69H,3-6,8-9,12,21-23,25-26,28-32,36-37,39-40H2,1-2H3,(H,68,70)(H,72,80)(H,71,78,81). The molecule has 6 heterocycles. The molecule has 466 valence electrons. The van der Waals surface area contributed by atoms with Crippen molar-refractivity contribution in [3.8, 4) is 11.5 Å². The zero-order valence-corrected chi connectivity index (χ0v) is 51.4. The molecule has 2 unspecified atom stereocenters. The third-order valence-corrected chi connectivity index (χ3v) is 19.2. The van der Waals surface area contributed by atoms with Gasteiger partial charge in [0.15, 0.2) is 0 Å². The van der Waals surface area contributed by atoms with Gasteiger partial charge in [0, 0.05) is 112 Å². The number of aromatic nitrogens is 2. The summed E-state index contributed by atoms with van der Waals surface area (Å²) in [7, 11) is -4.68. The van der Waals surface area contributed by atoms with Crippen LogP contribution in [0.25, 0.3) is 16.6 Å². The molecule has 24 heteroatoms. The number of imide groups is 2. The summed E-state index contributed by atoms with van der Waals surface area (Å²) in [6, 6.07) is 24.0. The van der Waals surface area contributed by atoms with Crippen molar-refractivity contribution >= 4 is 96.4 Å². The summed E-state index contributed by atoms with van der Waals surface area (Å²) in [6.45, 7) is 10.3. The summed E-state index contributed by atoms with van der Waals surface area (Å²) < 4.78 is 36.5. The van der Waals surface area contributed by atoms with Crippen LogP contribution in [-0.2, 0) is 24.4 Å². The number of hydrogen-bond acceptors (Lipinski definition) is 16. The average Bonchev–Trinajstić information content (AvgIpc) is 1.73. The minimum absolute atomic E-state index is 0.00960. The fourth-order valence-electron chi connectivity index (χ4n) is 12.7. The molecule has 6 amide bonds. The highest BCUT2D eigenvalue weighted by molar-refractivity contribution is 7.90. The number of fused-ring (bicyclic) bond motifs is 2. The molecule has 3 saturated heterocycles. The van der Waals surface area contributed by atoms with Crippen molar-refractivity contribution in [2.45, 2.75) is 102 Å². The lowest BCUT2D eigenvalue weighted by Crippen LogP contribution is -2.54. The first-order valence-corrected chi connectivity index (χ1v) is 32.3. The number of hydrogen-bond donors (Lipinski definition) is 5. The summed E-state index contributed by atoms with van der Waals surface area (Å²) in [5.41, 5.74) is 6.03. The summed E-state index contributed by atoms with van der Waals surface area (Å²) in [6.07, 6.45) is 11.3. The van der Waals surface area contributed by atoms with Gasteiger partial charge in [0.1, 0.15) is 28.9 Å². The van der Waals surface area contributed by atoms with Crippen LogP contribution in [0.1, 0.15) is 128 Å². The highest BCUT2D eigenvalue weighted by atomic mass is 35.5. The first kappa shape index (κ1) is 62.0. The largest absolute Gasteiger partial charge is 0.455 e. The van der Waals surface area contributed by atoms with Crippen LogP contribution in [0.3, 0.4) is 0 Å². The molecule has 0 spiro atoms. The third-order valence-electron chi connectivity index (χ3n) is 17.6.